The van der Waals surface area contributed by atoms with Crippen LogP contribution in [0.25, 0.3) is 0 Å². The zero-order valence-electron chi connectivity index (χ0n) is 14.6. The first-order chi connectivity index (χ1) is 12.7. The van der Waals surface area contributed by atoms with Crippen molar-refractivity contribution >= 4 is 23.2 Å². The number of nitro groups is 1. The molecule has 8 heteroatoms. The minimum atomic E-state index is -0.401. The second kappa shape index (κ2) is 7.54. The van der Waals surface area contributed by atoms with Crippen LogP contribution in [-0.4, -0.2) is 59.1 Å². The van der Waals surface area contributed by atoms with Crippen LogP contribution in [-0.2, 0) is 9.57 Å². The van der Waals surface area contributed by atoms with Gasteiger partial charge in [-0.3, -0.25) is 15.0 Å². The molecule has 0 saturated carbocycles. The van der Waals surface area contributed by atoms with Gasteiger partial charge in [0.25, 0.3) is 5.69 Å². The van der Waals surface area contributed by atoms with Crippen LogP contribution in [0.15, 0.2) is 29.4 Å². The lowest BCUT2D eigenvalue weighted by molar-refractivity contribution is -0.384. The largest absolute Gasteiger partial charge is 0.379 e. The van der Waals surface area contributed by atoms with Crippen molar-refractivity contribution in [3.63, 3.8) is 0 Å². The van der Waals surface area contributed by atoms with Crippen LogP contribution in [0.5, 0.6) is 0 Å². The van der Waals surface area contributed by atoms with Crippen LogP contribution in [0.4, 0.5) is 5.69 Å². The molecule has 0 aliphatic carbocycles. The second-order valence-corrected chi connectivity index (χ2v) is 8.10. The molecule has 4 rings (SSSR count). The van der Waals surface area contributed by atoms with E-state index in [0.29, 0.717) is 0 Å². The first-order valence-electron chi connectivity index (χ1n) is 9.12. The highest BCUT2D eigenvalue weighted by atomic mass is 32.2. The van der Waals surface area contributed by atoms with E-state index in [4.69, 9.17) is 9.57 Å². The summed E-state index contributed by atoms with van der Waals surface area (Å²) in [6.07, 6.45) is 3.05. The van der Waals surface area contributed by atoms with E-state index in [9.17, 15) is 10.1 Å². The van der Waals surface area contributed by atoms with Crippen LogP contribution in [0, 0.1) is 16.0 Å². The lowest BCUT2D eigenvalue weighted by Gasteiger charge is -2.45. The van der Waals surface area contributed by atoms with E-state index in [2.05, 4.69) is 10.1 Å². The highest BCUT2D eigenvalue weighted by Crippen LogP contribution is 2.43. The molecule has 1 aromatic rings. The van der Waals surface area contributed by atoms with E-state index in [1.165, 1.54) is 0 Å². The second-order valence-electron chi connectivity index (χ2n) is 6.87. The fourth-order valence-electron chi connectivity index (χ4n) is 4.17. The molecule has 2 atom stereocenters. The molecule has 2 fully saturated rings. The number of nitrogens with zero attached hydrogens (tertiary/aromatic N) is 3. The number of fused-ring (bicyclic) bond motifs is 1. The van der Waals surface area contributed by atoms with Gasteiger partial charge in [0.15, 0.2) is 5.72 Å². The van der Waals surface area contributed by atoms with Crippen LogP contribution < -0.4 is 0 Å². The summed E-state index contributed by atoms with van der Waals surface area (Å²) >= 11 is 1.98. The van der Waals surface area contributed by atoms with Gasteiger partial charge in [0, 0.05) is 37.2 Å². The molecule has 0 aromatic heterocycles. The van der Waals surface area contributed by atoms with E-state index in [1.807, 2.05) is 11.8 Å². The predicted molar refractivity (Wildman–Crippen MR) is 101 cm³/mol. The minimum absolute atomic E-state index is 0.0981. The predicted octanol–water partition coefficient (Wildman–Crippen LogP) is 2.89. The van der Waals surface area contributed by atoms with E-state index in [-0.39, 0.29) is 16.5 Å². The zero-order chi connectivity index (χ0) is 18.0. The third-order valence-electron chi connectivity index (χ3n) is 5.47. The molecule has 3 aliphatic rings. The molecule has 1 aromatic carbocycles. The molecule has 3 heterocycles. The first-order valence-corrected chi connectivity index (χ1v) is 10.3. The van der Waals surface area contributed by atoms with Crippen molar-refractivity contribution in [2.75, 3.05) is 37.8 Å². The highest BCUT2D eigenvalue weighted by Gasteiger charge is 2.53. The van der Waals surface area contributed by atoms with Gasteiger partial charge in [-0.2, -0.15) is 11.8 Å². The Morgan fingerprint density at radius 2 is 2.00 bits per heavy atom. The molecule has 26 heavy (non-hydrogen) atoms. The van der Waals surface area contributed by atoms with Gasteiger partial charge in [0.05, 0.1) is 29.8 Å². The van der Waals surface area contributed by atoms with Gasteiger partial charge in [0.1, 0.15) is 0 Å². The van der Waals surface area contributed by atoms with Crippen molar-refractivity contribution in [2.24, 2.45) is 11.1 Å². The number of benzene rings is 1. The van der Waals surface area contributed by atoms with Gasteiger partial charge in [0.2, 0.25) is 0 Å². The quantitative estimate of drug-likeness (QED) is 0.595. The Labute approximate surface area is 156 Å². The number of morpholine rings is 1. The van der Waals surface area contributed by atoms with Crippen LogP contribution in [0.2, 0.25) is 0 Å². The smallest absolute Gasteiger partial charge is 0.269 e. The van der Waals surface area contributed by atoms with E-state index in [0.717, 1.165) is 68.3 Å². The fraction of sp³-hybridized carbons (Fsp3) is 0.611. The lowest BCUT2D eigenvalue weighted by atomic mass is 9.82. The van der Waals surface area contributed by atoms with Crippen molar-refractivity contribution in [2.45, 2.75) is 25.0 Å². The summed E-state index contributed by atoms with van der Waals surface area (Å²) in [6, 6.07) is 6.68. The summed E-state index contributed by atoms with van der Waals surface area (Å²) in [5.41, 5.74) is 1.54. The molecule has 2 unspecified atom stereocenters. The SMILES string of the molecule is O=[N+]([O-])c1ccc(C2=NOC3(N4CCOCC4)CCCSCCC23)cc1. The third kappa shape index (κ3) is 3.21. The fourth-order valence-corrected chi connectivity index (χ4v) is 5.12. The number of thioether (sulfide) groups is 1. The average Bonchev–Trinajstić information content (AvgIpc) is 3.01. The van der Waals surface area contributed by atoms with Crippen molar-refractivity contribution in [3.05, 3.63) is 39.9 Å². The number of hydrogen-bond donors (Lipinski definition) is 0. The van der Waals surface area contributed by atoms with Gasteiger partial charge in [-0.25, -0.2) is 0 Å². The maximum atomic E-state index is 10.9. The molecule has 140 valence electrons. The Morgan fingerprint density at radius 3 is 2.73 bits per heavy atom. The normalized spacial score (nSPS) is 29.8. The number of oxime groups is 1. The molecule has 0 radical (unpaired) electrons. The van der Waals surface area contributed by atoms with Gasteiger partial charge < -0.3 is 9.57 Å². The molecule has 3 aliphatic heterocycles. The summed E-state index contributed by atoms with van der Waals surface area (Å²) in [5, 5.41) is 15.4. The minimum Gasteiger partial charge on any atom is -0.379 e. The Balaban J connectivity index is 1.65. The van der Waals surface area contributed by atoms with Gasteiger partial charge >= 0.3 is 0 Å². The number of hydrogen-bond acceptors (Lipinski definition) is 7. The van der Waals surface area contributed by atoms with E-state index < -0.39 is 5.72 Å². The molecule has 0 bridgehead atoms. The van der Waals surface area contributed by atoms with Gasteiger partial charge in [-0.15, -0.1) is 0 Å². The molecule has 0 spiro atoms. The summed E-state index contributed by atoms with van der Waals surface area (Å²) in [5.74, 6) is 2.40. The summed E-state index contributed by atoms with van der Waals surface area (Å²) in [7, 11) is 0. The molecule has 0 amide bonds. The van der Waals surface area contributed by atoms with Crippen LogP contribution in [0.1, 0.15) is 24.8 Å². The van der Waals surface area contributed by atoms with Crippen molar-refractivity contribution in [3.8, 4) is 0 Å². The molecule has 7 nitrogen and oxygen atoms in total. The summed E-state index contributed by atoms with van der Waals surface area (Å²) in [4.78, 5) is 19.1. The van der Waals surface area contributed by atoms with E-state index in [1.54, 1.807) is 24.3 Å². The Bertz CT molecular complexity index is 690. The standard InChI is InChI=1S/C18H23N3O4S/c22-21(23)15-4-2-14(3-5-15)17-16-6-13-26-12-1-7-18(16,25-19-17)20-8-10-24-11-9-20/h2-5,16H,1,6-13H2. The first kappa shape index (κ1) is 17.8. The topological polar surface area (TPSA) is 77.2 Å². The van der Waals surface area contributed by atoms with Gasteiger partial charge in [-0.1, -0.05) is 5.16 Å². The van der Waals surface area contributed by atoms with Crippen LogP contribution >= 0.6 is 11.8 Å². The lowest BCUT2D eigenvalue weighted by Crippen LogP contribution is -2.58. The van der Waals surface area contributed by atoms with Gasteiger partial charge in [-0.05, 0) is 36.5 Å². The van der Waals surface area contributed by atoms with Crippen LogP contribution in [0.3, 0.4) is 0 Å². The molecule has 2 saturated heterocycles. The van der Waals surface area contributed by atoms with E-state index >= 15 is 0 Å². The highest BCUT2D eigenvalue weighted by molar-refractivity contribution is 7.99. The molecular weight excluding hydrogens is 354 g/mol. The monoisotopic (exact) mass is 377 g/mol. The summed E-state index contributed by atoms with van der Waals surface area (Å²) in [6.45, 7) is 3.15. The number of non-ortho nitro benzene ring substituents is 1. The Morgan fingerprint density at radius 1 is 1.23 bits per heavy atom. The maximum Gasteiger partial charge on any atom is 0.269 e. The zero-order valence-corrected chi connectivity index (χ0v) is 15.5. The Kier molecular flexibility index (Phi) is 5.15. The Hall–Kier alpha value is -1.64. The van der Waals surface area contributed by atoms with Crippen molar-refractivity contribution < 1.29 is 14.5 Å². The number of ether oxygens (including phenoxy) is 1. The number of nitro benzene ring substituents is 1. The van der Waals surface area contributed by atoms with Crippen molar-refractivity contribution in [1.29, 1.82) is 0 Å². The number of rotatable bonds is 3. The van der Waals surface area contributed by atoms with Crippen molar-refractivity contribution in [1.82, 2.24) is 4.90 Å². The maximum absolute atomic E-state index is 10.9. The molecule has 0 N–H and O–H groups in total. The average molecular weight is 377 g/mol. The summed E-state index contributed by atoms with van der Waals surface area (Å²) < 4.78 is 5.54. The molecular formula is C18H23N3O4S. The third-order valence-corrected chi connectivity index (χ3v) is 6.57.